The van der Waals surface area contributed by atoms with Crippen LogP contribution >= 0.6 is 0 Å². The van der Waals surface area contributed by atoms with E-state index in [-0.39, 0.29) is 0 Å². The largest absolute Gasteiger partial charge is 0.465 e. The number of benzene rings is 2. The summed E-state index contributed by atoms with van der Waals surface area (Å²) in [6.45, 7) is 0. The number of nitrogens with two attached hydrogens (primary N) is 2. The number of hydrogen-bond acceptors (Lipinski definition) is 5. The van der Waals surface area contributed by atoms with E-state index in [0.29, 0.717) is 28.2 Å². The van der Waals surface area contributed by atoms with Crippen molar-refractivity contribution in [3.8, 4) is 0 Å². The van der Waals surface area contributed by atoms with Gasteiger partial charge in [0.1, 0.15) is 0 Å². The molecule has 0 radical (unpaired) electrons. The lowest BCUT2D eigenvalue weighted by Crippen LogP contribution is -2.11. The highest BCUT2D eigenvalue weighted by atomic mass is 16.5. The van der Waals surface area contributed by atoms with Gasteiger partial charge in [0.25, 0.3) is 0 Å². The van der Waals surface area contributed by atoms with Crippen LogP contribution in [0.15, 0.2) is 42.5 Å². The molecule has 0 bridgehead atoms. The first-order chi connectivity index (χ1) is 10.0. The maximum Gasteiger partial charge on any atom is 0.340 e. The summed E-state index contributed by atoms with van der Waals surface area (Å²) in [4.78, 5) is 22.8. The minimum Gasteiger partial charge on any atom is -0.465 e. The third-order valence-corrected chi connectivity index (χ3v) is 2.94. The van der Waals surface area contributed by atoms with Crippen molar-refractivity contribution in [2.45, 2.75) is 0 Å². The Bertz CT molecular complexity index is 681. The molecule has 0 atom stereocenters. The second-order valence-corrected chi connectivity index (χ2v) is 4.33. The van der Waals surface area contributed by atoms with Gasteiger partial charge in [0.2, 0.25) is 5.91 Å². The highest BCUT2D eigenvalue weighted by Crippen LogP contribution is 2.28. The fourth-order valence-corrected chi connectivity index (χ4v) is 1.85. The van der Waals surface area contributed by atoms with E-state index in [0.717, 1.165) is 0 Å². The second kappa shape index (κ2) is 5.96. The fraction of sp³-hybridized carbons (Fsp3) is 0.0667. The number of amides is 1. The molecule has 2 rings (SSSR count). The summed E-state index contributed by atoms with van der Waals surface area (Å²) in [6.07, 6.45) is 0. The van der Waals surface area contributed by atoms with Crippen molar-refractivity contribution in [2.24, 2.45) is 5.73 Å². The topological polar surface area (TPSA) is 107 Å². The number of hydrogen-bond donors (Lipinski definition) is 3. The lowest BCUT2D eigenvalue weighted by Gasteiger charge is -2.13. The molecule has 6 nitrogen and oxygen atoms in total. The maximum absolute atomic E-state index is 11.7. The summed E-state index contributed by atoms with van der Waals surface area (Å²) in [5.41, 5.74) is 13.3. The molecule has 2 aromatic carbocycles. The Morgan fingerprint density at radius 3 is 2.33 bits per heavy atom. The van der Waals surface area contributed by atoms with E-state index < -0.39 is 11.9 Å². The van der Waals surface area contributed by atoms with E-state index >= 15 is 0 Å². The Labute approximate surface area is 121 Å². The Kier molecular flexibility index (Phi) is 4.08. The molecule has 0 aliphatic rings. The summed E-state index contributed by atoms with van der Waals surface area (Å²) in [6, 6.07) is 11.5. The summed E-state index contributed by atoms with van der Waals surface area (Å²) in [5, 5.41) is 3.04. The van der Waals surface area contributed by atoms with Gasteiger partial charge in [0, 0.05) is 11.3 Å². The van der Waals surface area contributed by atoms with Crippen LogP contribution in [0.4, 0.5) is 17.1 Å². The summed E-state index contributed by atoms with van der Waals surface area (Å²) in [7, 11) is 1.30. The van der Waals surface area contributed by atoms with E-state index in [1.807, 2.05) is 0 Å². The number of anilines is 3. The van der Waals surface area contributed by atoms with Crippen LogP contribution in [-0.2, 0) is 4.74 Å². The van der Waals surface area contributed by atoms with Gasteiger partial charge in [-0.2, -0.15) is 0 Å². The quantitative estimate of drug-likeness (QED) is 0.587. The van der Waals surface area contributed by atoms with Crippen LogP contribution in [0, 0.1) is 0 Å². The van der Waals surface area contributed by atoms with E-state index in [1.54, 1.807) is 42.5 Å². The summed E-state index contributed by atoms with van der Waals surface area (Å²) >= 11 is 0. The number of ether oxygens (including phenoxy) is 1. The van der Waals surface area contributed by atoms with Gasteiger partial charge < -0.3 is 21.5 Å². The molecule has 0 saturated carbocycles. The van der Waals surface area contributed by atoms with Crippen LogP contribution in [0.25, 0.3) is 0 Å². The zero-order chi connectivity index (χ0) is 15.4. The normalized spacial score (nSPS) is 9.95. The highest BCUT2D eigenvalue weighted by Gasteiger charge is 2.14. The fourth-order valence-electron chi connectivity index (χ4n) is 1.85. The van der Waals surface area contributed by atoms with Crippen molar-refractivity contribution in [2.75, 3.05) is 18.2 Å². The molecule has 0 unspecified atom stereocenters. The van der Waals surface area contributed by atoms with Crippen molar-refractivity contribution in [3.63, 3.8) is 0 Å². The molecule has 0 saturated heterocycles. The average molecular weight is 285 g/mol. The summed E-state index contributed by atoms with van der Waals surface area (Å²) in [5.74, 6) is -0.991. The molecule has 21 heavy (non-hydrogen) atoms. The first-order valence-corrected chi connectivity index (χ1v) is 6.16. The Hall–Kier alpha value is -3.02. The number of nitrogens with one attached hydrogen (secondary N) is 1. The maximum atomic E-state index is 11.7. The number of nitrogen functional groups attached to an aromatic ring is 1. The van der Waals surface area contributed by atoms with Gasteiger partial charge in [-0.15, -0.1) is 0 Å². The van der Waals surface area contributed by atoms with Gasteiger partial charge in [-0.1, -0.05) is 6.07 Å². The van der Waals surface area contributed by atoms with Crippen LogP contribution in [0.3, 0.4) is 0 Å². The van der Waals surface area contributed by atoms with Crippen LogP contribution in [-0.4, -0.2) is 19.0 Å². The van der Waals surface area contributed by atoms with Gasteiger partial charge >= 0.3 is 5.97 Å². The molecule has 5 N–H and O–H groups in total. The number of carbonyl (C=O) groups excluding carboxylic acids is 2. The predicted octanol–water partition coefficient (Wildman–Crippen LogP) is 1.90. The molecular formula is C15H15N3O3. The molecule has 0 heterocycles. The smallest absolute Gasteiger partial charge is 0.340 e. The molecule has 0 aromatic heterocycles. The number of carbonyl (C=O) groups is 2. The standard InChI is InChI=1S/C15H15N3O3/c1-21-15(20)11-3-2-4-12(16)13(11)18-10-7-5-9(6-8-10)14(17)19/h2-8,18H,16H2,1H3,(H2,17,19). The molecule has 0 aliphatic carbocycles. The van der Waals surface area contributed by atoms with E-state index in [2.05, 4.69) is 5.32 Å². The molecule has 6 heteroatoms. The van der Waals surface area contributed by atoms with Gasteiger partial charge in [-0.3, -0.25) is 4.79 Å². The Balaban J connectivity index is 2.34. The second-order valence-electron chi connectivity index (χ2n) is 4.33. The van der Waals surface area contributed by atoms with Crippen LogP contribution in [0.2, 0.25) is 0 Å². The third kappa shape index (κ3) is 3.11. The number of esters is 1. The molecule has 1 amide bonds. The van der Waals surface area contributed by atoms with Crippen molar-refractivity contribution < 1.29 is 14.3 Å². The molecule has 0 fully saturated rings. The van der Waals surface area contributed by atoms with Crippen LogP contribution < -0.4 is 16.8 Å². The minimum atomic E-state index is -0.504. The van der Waals surface area contributed by atoms with Crippen LogP contribution in [0.5, 0.6) is 0 Å². The SMILES string of the molecule is COC(=O)c1cccc(N)c1Nc1ccc(C(N)=O)cc1. The zero-order valence-electron chi connectivity index (χ0n) is 11.4. The third-order valence-electron chi connectivity index (χ3n) is 2.94. The number of rotatable bonds is 4. The molecule has 0 spiro atoms. The first kappa shape index (κ1) is 14.4. The molecule has 108 valence electrons. The van der Waals surface area contributed by atoms with Crippen molar-refractivity contribution >= 4 is 28.9 Å². The van der Waals surface area contributed by atoms with Gasteiger partial charge in [0.05, 0.1) is 24.0 Å². The van der Waals surface area contributed by atoms with Crippen molar-refractivity contribution in [1.29, 1.82) is 0 Å². The number of para-hydroxylation sites is 1. The van der Waals surface area contributed by atoms with Gasteiger partial charge in [-0.05, 0) is 36.4 Å². The Morgan fingerprint density at radius 1 is 1.10 bits per heavy atom. The lowest BCUT2D eigenvalue weighted by atomic mass is 10.1. The van der Waals surface area contributed by atoms with E-state index in [4.69, 9.17) is 16.2 Å². The van der Waals surface area contributed by atoms with Crippen LogP contribution in [0.1, 0.15) is 20.7 Å². The first-order valence-electron chi connectivity index (χ1n) is 6.16. The lowest BCUT2D eigenvalue weighted by molar-refractivity contribution is 0.0602. The average Bonchev–Trinajstić information content (AvgIpc) is 2.49. The van der Waals surface area contributed by atoms with Crippen molar-refractivity contribution in [1.82, 2.24) is 0 Å². The minimum absolute atomic E-state index is 0.330. The predicted molar refractivity (Wildman–Crippen MR) is 80.4 cm³/mol. The summed E-state index contributed by atoms with van der Waals surface area (Å²) < 4.78 is 4.72. The van der Waals surface area contributed by atoms with E-state index in [1.165, 1.54) is 7.11 Å². The van der Waals surface area contributed by atoms with E-state index in [9.17, 15) is 9.59 Å². The molecular weight excluding hydrogens is 270 g/mol. The molecule has 0 aliphatic heterocycles. The zero-order valence-corrected chi connectivity index (χ0v) is 11.4. The number of methoxy groups -OCH3 is 1. The monoisotopic (exact) mass is 285 g/mol. The highest BCUT2D eigenvalue weighted by molar-refractivity contribution is 6.00. The van der Waals surface area contributed by atoms with Gasteiger partial charge in [0.15, 0.2) is 0 Å². The van der Waals surface area contributed by atoms with Crippen molar-refractivity contribution in [3.05, 3.63) is 53.6 Å². The number of primary amides is 1. The molecule has 2 aromatic rings. The Morgan fingerprint density at radius 2 is 1.76 bits per heavy atom. The van der Waals surface area contributed by atoms with Gasteiger partial charge in [-0.25, -0.2) is 4.79 Å².